The van der Waals surface area contributed by atoms with E-state index in [9.17, 15) is 0 Å². The number of para-hydroxylation sites is 1. The fourth-order valence-corrected chi connectivity index (χ4v) is 9.55. The number of nitrogens with one attached hydrogen (secondary N) is 1. The molecular formula is C52H37N3OS. The molecule has 0 amide bonds. The van der Waals surface area contributed by atoms with Crippen LogP contribution in [0.15, 0.2) is 185 Å². The van der Waals surface area contributed by atoms with Crippen LogP contribution in [0, 0.1) is 0 Å². The SMILES string of the molecule is C1=c2oc3c(-c4ccc(C5=NC(c6ccccc6)Nc6sc7ccccc7c65)cc4)ccc(N(c4ccccc4)c4ccc(-c5ccccc5)cc4)c3c2=CCC1. The van der Waals surface area contributed by atoms with Crippen LogP contribution in [0.2, 0.25) is 0 Å². The van der Waals surface area contributed by atoms with Crippen LogP contribution in [-0.4, -0.2) is 5.71 Å². The second kappa shape index (κ2) is 14.0. The average Bonchev–Trinajstić information content (AvgIpc) is 3.87. The van der Waals surface area contributed by atoms with Crippen molar-refractivity contribution >= 4 is 72.3 Å². The molecule has 2 aliphatic rings. The zero-order chi connectivity index (χ0) is 37.7. The number of rotatable bonds is 7. The highest BCUT2D eigenvalue weighted by Crippen LogP contribution is 2.44. The highest BCUT2D eigenvalue weighted by molar-refractivity contribution is 7.23. The van der Waals surface area contributed by atoms with Crippen molar-refractivity contribution in [1.82, 2.24) is 0 Å². The Morgan fingerprint density at radius 3 is 2.00 bits per heavy atom. The van der Waals surface area contributed by atoms with Gasteiger partial charge < -0.3 is 14.6 Å². The molecule has 1 unspecified atom stereocenters. The van der Waals surface area contributed by atoms with Crippen molar-refractivity contribution in [3.63, 3.8) is 0 Å². The van der Waals surface area contributed by atoms with Gasteiger partial charge in [0.25, 0.3) is 0 Å². The number of aliphatic imine (C=N–C) groups is 1. The fraction of sp³-hybridized carbons (Fsp3) is 0.0577. The van der Waals surface area contributed by atoms with Crippen molar-refractivity contribution < 1.29 is 4.42 Å². The Labute approximate surface area is 335 Å². The second-order valence-electron chi connectivity index (χ2n) is 14.6. The Hall–Kier alpha value is -6.95. The molecule has 4 nitrogen and oxygen atoms in total. The van der Waals surface area contributed by atoms with Crippen molar-refractivity contribution in [2.45, 2.75) is 19.0 Å². The van der Waals surface area contributed by atoms with Crippen molar-refractivity contribution in [1.29, 1.82) is 0 Å². The maximum Gasteiger partial charge on any atom is 0.146 e. The lowest BCUT2D eigenvalue weighted by Crippen LogP contribution is -2.23. The normalized spacial score (nSPS) is 14.5. The van der Waals surface area contributed by atoms with E-state index < -0.39 is 0 Å². The lowest BCUT2D eigenvalue weighted by Gasteiger charge is -2.27. The van der Waals surface area contributed by atoms with Crippen LogP contribution in [0.1, 0.15) is 35.7 Å². The molecule has 1 aliphatic heterocycles. The van der Waals surface area contributed by atoms with Crippen LogP contribution in [0.3, 0.4) is 0 Å². The number of nitrogens with zero attached hydrogens (tertiary/aromatic N) is 2. The van der Waals surface area contributed by atoms with Crippen LogP contribution in [0.25, 0.3) is 55.5 Å². The van der Waals surface area contributed by atoms with Crippen LogP contribution in [0.4, 0.5) is 22.1 Å². The van der Waals surface area contributed by atoms with Gasteiger partial charge in [-0.3, -0.25) is 4.99 Å². The summed E-state index contributed by atoms with van der Waals surface area (Å²) in [6, 6.07) is 62.6. The summed E-state index contributed by atoms with van der Waals surface area (Å²) in [5.41, 5.74) is 14.1. The Balaban J connectivity index is 1.04. The topological polar surface area (TPSA) is 40.8 Å². The van der Waals surface area contributed by atoms with E-state index in [0.29, 0.717) is 0 Å². The summed E-state index contributed by atoms with van der Waals surface area (Å²) < 4.78 is 8.12. The third-order valence-corrected chi connectivity index (χ3v) is 12.3. The van der Waals surface area contributed by atoms with E-state index in [1.807, 2.05) is 0 Å². The predicted octanol–water partition coefficient (Wildman–Crippen LogP) is 12.8. The molecule has 0 radical (unpaired) electrons. The van der Waals surface area contributed by atoms with Crippen molar-refractivity contribution in [3.05, 3.63) is 203 Å². The van der Waals surface area contributed by atoms with E-state index >= 15 is 0 Å². The number of benzene rings is 7. The van der Waals surface area contributed by atoms with Crippen LogP contribution >= 0.6 is 11.3 Å². The van der Waals surface area contributed by atoms with E-state index in [1.165, 1.54) is 32.0 Å². The highest BCUT2D eigenvalue weighted by atomic mass is 32.1. The minimum atomic E-state index is -0.169. The van der Waals surface area contributed by atoms with E-state index in [1.54, 1.807) is 11.3 Å². The van der Waals surface area contributed by atoms with Crippen LogP contribution in [0.5, 0.6) is 0 Å². The molecular weight excluding hydrogens is 715 g/mol. The first-order chi connectivity index (χ1) is 28.3. The number of hydrogen-bond acceptors (Lipinski definition) is 5. The molecule has 1 atom stereocenters. The van der Waals surface area contributed by atoms with Gasteiger partial charge >= 0.3 is 0 Å². The Bertz CT molecular complexity index is 3080. The van der Waals surface area contributed by atoms with Gasteiger partial charge in [0.1, 0.15) is 22.2 Å². The van der Waals surface area contributed by atoms with E-state index in [2.05, 4.69) is 198 Å². The quantitative estimate of drug-likeness (QED) is 0.176. The van der Waals surface area contributed by atoms with Gasteiger partial charge in [-0.25, -0.2) is 0 Å². The summed E-state index contributed by atoms with van der Waals surface area (Å²) in [4.78, 5) is 7.74. The van der Waals surface area contributed by atoms with E-state index in [4.69, 9.17) is 9.41 Å². The van der Waals surface area contributed by atoms with Crippen molar-refractivity contribution in [2.75, 3.05) is 10.2 Å². The standard InChI is InChI=1S/C52H37N3OS/c1-4-14-34(15-5-1)35-28-30-40(31-29-35)55(39-18-8-3-9-19-39)44-33-32-41(50-47(44)42-20-10-12-22-45(42)56-50)36-24-26-37(27-25-36)49-48-43-21-11-13-23-46(43)57-52(48)54-51(53-49)38-16-6-2-7-17-38/h1-9,11,13-33,51,54H,10,12H2. The Kier molecular flexibility index (Phi) is 8.18. The minimum absolute atomic E-state index is 0.169. The number of thiophene rings is 1. The maximum absolute atomic E-state index is 6.87. The highest BCUT2D eigenvalue weighted by Gasteiger charge is 2.27. The van der Waals surface area contributed by atoms with Gasteiger partial charge in [-0.2, -0.15) is 0 Å². The van der Waals surface area contributed by atoms with Crippen LogP contribution in [-0.2, 0) is 0 Å². The molecule has 1 N–H and O–H groups in total. The molecule has 0 fully saturated rings. The van der Waals surface area contributed by atoms with Gasteiger partial charge in [-0.1, -0.05) is 140 Å². The summed E-state index contributed by atoms with van der Waals surface area (Å²) in [7, 11) is 0. The van der Waals surface area contributed by atoms with Gasteiger partial charge in [-0.05, 0) is 83.6 Å². The molecule has 3 heterocycles. The number of anilines is 4. The first kappa shape index (κ1) is 33.4. The maximum atomic E-state index is 6.87. The summed E-state index contributed by atoms with van der Waals surface area (Å²) >= 11 is 1.80. The van der Waals surface area contributed by atoms with Crippen molar-refractivity contribution in [2.24, 2.45) is 4.99 Å². The van der Waals surface area contributed by atoms with Gasteiger partial charge in [0, 0.05) is 43.4 Å². The van der Waals surface area contributed by atoms with Crippen LogP contribution < -0.4 is 20.9 Å². The monoisotopic (exact) mass is 751 g/mol. The molecule has 7 aromatic carbocycles. The molecule has 11 rings (SSSR count). The van der Waals surface area contributed by atoms with Gasteiger partial charge in [0.05, 0.1) is 16.8 Å². The van der Waals surface area contributed by atoms with Gasteiger partial charge in [-0.15, -0.1) is 11.3 Å². The molecule has 0 saturated heterocycles. The van der Waals surface area contributed by atoms with E-state index in [-0.39, 0.29) is 6.17 Å². The molecule has 2 aromatic heterocycles. The molecule has 9 aromatic rings. The molecule has 272 valence electrons. The Morgan fingerprint density at radius 1 is 0.579 bits per heavy atom. The third kappa shape index (κ3) is 5.87. The molecule has 0 saturated carbocycles. The van der Waals surface area contributed by atoms with Gasteiger partial charge in [0.2, 0.25) is 0 Å². The molecule has 57 heavy (non-hydrogen) atoms. The third-order valence-electron chi connectivity index (χ3n) is 11.2. The summed E-state index contributed by atoms with van der Waals surface area (Å²) in [5.74, 6) is 0. The second-order valence-corrected chi connectivity index (χ2v) is 15.7. The Morgan fingerprint density at radius 2 is 1.21 bits per heavy atom. The fourth-order valence-electron chi connectivity index (χ4n) is 8.43. The lowest BCUT2D eigenvalue weighted by molar-refractivity contribution is 0.572. The average molecular weight is 752 g/mol. The summed E-state index contributed by atoms with van der Waals surface area (Å²) in [6.07, 6.45) is 6.37. The number of furan rings is 1. The number of hydrogen-bond donors (Lipinski definition) is 1. The number of fused-ring (bicyclic) bond motifs is 6. The zero-order valence-corrected chi connectivity index (χ0v) is 31.9. The first-order valence-corrected chi connectivity index (χ1v) is 20.4. The van der Waals surface area contributed by atoms with Gasteiger partial charge in [0.15, 0.2) is 0 Å². The minimum Gasteiger partial charge on any atom is -0.456 e. The molecule has 0 bridgehead atoms. The largest absolute Gasteiger partial charge is 0.456 e. The predicted molar refractivity (Wildman–Crippen MR) is 239 cm³/mol. The van der Waals surface area contributed by atoms with E-state index in [0.717, 1.165) is 79.3 Å². The molecule has 0 spiro atoms. The lowest BCUT2D eigenvalue weighted by atomic mass is 9.95. The van der Waals surface area contributed by atoms with Crippen molar-refractivity contribution in [3.8, 4) is 22.3 Å². The summed E-state index contributed by atoms with van der Waals surface area (Å²) in [6.45, 7) is 0. The summed E-state index contributed by atoms with van der Waals surface area (Å²) in [5, 5.41) is 8.41. The zero-order valence-electron chi connectivity index (χ0n) is 31.1. The molecule has 5 heteroatoms. The smallest absolute Gasteiger partial charge is 0.146 e. The molecule has 1 aliphatic carbocycles. The first-order valence-electron chi connectivity index (χ1n) is 19.6.